The number of carbonyl (C=O) groups excluding carboxylic acids is 12. The number of nitrogens with one attached hydrogen (secondary N) is 11. The van der Waals surface area contributed by atoms with Crippen molar-refractivity contribution >= 4 is 96.2 Å². The van der Waals surface area contributed by atoms with Crippen LogP contribution in [0, 0.1) is 0 Å². The monoisotopic (exact) mass is 1270 g/mol. The van der Waals surface area contributed by atoms with Gasteiger partial charge in [0.25, 0.3) is 0 Å². The molecular formula is C54H83N17O17S. The first-order valence-corrected chi connectivity index (χ1v) is 28.5. The molecule has 12 atom stereocenters. The molecular weight excluding hydrogens is 1190 g/mol. The molecule has 0 radical (unpaired) electrons. The molecule has 2 aromatic carbocycles. The summed E-state index contributed by atoms with van der Waals surface area (Å²) in [6, 6.07) is -3.02. The predicted molar refractivity (Wildman–Crippen MR) is 323 cm³/mol. The van der Waals surface area contributed by atoms with Gasteiger partial charge in [0.15, 0.2) is 11.9 Å². The van der Waals surface area contributed by atoms with Crippen molar-refractivity contribution in [3.63, 3.8) is 0 Å². The van der Waals surface area contributed by atoms with Gasteiger partial charge in [-0.2, -0.15) is 12.6 Å². The van der Waals surface area contributed by atoms with E-state index in [1.165, 1.54) is 55.6 Å². The Labute approximate surface area is 517 Å². The van der Waals surface area contributed by atoms with Gasteiger partial charge in [-0.25, -0.2) is 0 Å². The second-order valence-corrected chi connectivity index (χ2v) is 20.7. The van der Waals surface area contributed by atoms with Crippen LogP contribution in [0.15, 0.2) is 58.5 Å². The van der Waals surface area contributed by atoms with Crippen molar-refractivity contribution in [2.24, 2.45) is 32.9 Å². The molecule has 2 rings (SSSR count). The molecule has 0 saturated heterocycles. The molecule has 0 aliphatic rings. The number of likely N-dealkylation sites (N-methyl/N-ethyl adjacent to an activating group) is 1. The first-order chi connectivity index (χ1) is 42.0. The van der Waals surface area contributed by atoms with Gasteiger partial charge < -0.3 is 117 Å². The molecule has 34 nitrogen and oxygen atoms in total. The van der Waals surface area contributed by atoms with E-state index in [1.807, 2.05) is 0 Å². The average Bonchev–Trinajstić information content (AvgIpc) is 3.65. The summed E-state index contributed by atoms with van der Waals surface area (Å²) >= 11 is 4.16. The third-order valence-electron chi connectivity index (χ3n) is 12.9. The number of phenols is 2. The Morgan fingerprint density at radius 3 is 1.31 bits per heavy atom. The second kappa shape index (κ2) is 39.6. The number of nitrogens with zero attached hydrogens (tertiary/aromatic N) is 2. The van der Waals surface area contributed by atoms with Crippen LogP contribution in [-0.4, -0.2) is 221 Å². The maximum absolute atomic E-state index is 14.5. The highest BCUT2D eigenvalue weighted by atomic mass is 32.1. The number of aliphatic hydroxyl groups is 3. The lowest BCUT2D eigenvalue weighted by molar-refractivity contribution is -0.138. The van der Waals surface area contributed by atoms with E-state index in [9.17, 15) is 83.1 Å². The Bertz CT molecular complexity index is 2770. The van der Waals surface area contributed by atoms with Crippen LogP contribution in [0.25, 0.3) is 0 Å². The van der Waals surface area contributed by atoms with Gasteiger partial charge in [0.05, 0.1) is 49.9 Å². The molecule has 492 valence electrons. The molecule has 2 aromatic rings. The van der Waals surface area contributed by atoms with Crippen LogP contribution in [0.5, 0.6) is 11.5 Å². The predicted octanol–water partition coefficient (Wildman–Crippen LogP) is -8.45. The number of rotatable bonds is 40. The normalized spacial score (nSPS) is 14.9. The average molecular weight is 1270 g/mol. The standard InChI is InChI=1S/C54H83N17O17S/c1-27(74)42(50(86)64-32(25-73)7-5-17-61-53(55)56)70-52(88)44(29(3)76)71-51(87)43(28(2)75)69-49(85)39(26-89)65-40(79)23-36(59-4)46(82)67-38(22-31-11-15-34(78)16-12-31)48(84)68-37(21-30-9-13-33(77)14-10-30)47(83)66-35(8-6-18-62-54(57)58)45(81)63-24-41(80)60-19-20-72/h9-16,20,25,27-29,32,35-39,42-44,59,74-78,89H,5-8,17-19,21-24,26H2,1-4H3,(H,60,80)(H,63,81)(H,64,86)(H,65,79)(H,66,83)(H,67,82)(H,68,84)(H,69,85)(H,70,88)(H,71,87)(H4,55,56,61)(H4,57,58,62)/t27-,28-,29-,32+,35+,36+,37?,38+,39+,42+,43+,44+/m1/s1. The first kappa shape index (κ1) is 75.9. The summed E-state index contributed by atoms with van der Waals surface area (Å²) in [5.41, 5.74) is 22.3. The number of carbonyl (C=O) groups is 12. The van der Waals surface area contributed by atoms with E-state index < -0.39 is 150 Å². The van der Waals surface area contributed by atoms with Gasteiger partial charge in [0.2, 0.25) is 59.1 Å². The fourth-order valence-corrected chi connectivity index (χ4v) is 8.39. The fourth-order valence-electron chi connectivity index (χ4n) is 8.13. The molecule has 0 bridgehead atoms. The molecule has 24 N–H and O–H groups in total. The van der Waals surface area contributed by atoms with Crippen molar-refractivity contribution < 1.29 is 83.1 Å². The Morgan fingerprint density at radius 2 is 0.910 bits per heavy atom. The smallest absolute Gasteiger partial charge is 0.245 e. The van der Waals surface area contributed by atoms with Gasteiger partial charge in [0.1, 0.15) is 66.4 Å². The molecule has 10 amide bonds. The van der Waals surface area contributed by atoms with Crippen LogP contribution in [-0.2, 0) is 70.4 Å². The van der Waals surface area contributed by atoms with Crippen LogP contribution in [0.3, 0.4) is 0 Å². The van der Waals surface area contributed by atoms with Crippen molar-refractivity contribution in [3.05, 3.63) is 59.7 Å². The van der Waals surface area contributed by atoms with E-state index in [0.717, 1.165) is 20.8 Å². The van der Waals surface area contributed by atoms with Crippen LogP contribution >= 0.6 is 12.6 Å². The van der Waals surface area contributed by atoms with E-state index in [4.69, 9.17) is 22.9 Å². The van der Waals surface area contributed by atoms with E-state index >= 15 is 0 Å². The Balaban J connectivity index is 2.36. The highest BCUT2D eigenvalue weighted by Crippen LogP contribution is 2.15. The van der Waals surface area contributed by atoms with E-state index in [2.05, 4.69) is 81.1 Å². The van der Waals surface area contributed by atoms with E-state index in [-0.39, 0.29) is 81.6 Å². The summed E-state index contributed by atoms with van der Waals surface area (Å²) in [6.07, 6.45) is -5.07. The number of hydrogen-bond acceptors (Lipinski definition) is 21. The number of aldehydes is 2. The first-order valence-electron chi connectivity index (χ1n) is 27.9. The summed E-state index contributed by atoms with van der Waals surface area (Å²) in [5, 5.41) is 78.0. The summed E-state index contributed by atoms with van der Waals surface area (Å²) in [6.45, 7) is 2.55. The molecule has 0 saturated carbocycles. The van der Waals surface area contributed by atoms with Gasteiger partial charge in [-0.05, 0) is 88.9 Å². The largest absolute Gasteiger partial charge is 0.508 e. The summed E-state index contributed by atoms with van der Waals surface area (Å²) in [4.78, 5) is 166. The number of hydrogen-bond donors (Lipinski definition) is 21. The zero-order valence-electron chi connectivity index (χ0n) is 49.5. The van der Waals surface area contributed by atoms with Gasteiger partial charge in [-0.15, -0.1) is 0 Å². The van der Waals surface area contributed by atoms with Crippen LogP contribution < -0.4 is 81.4 Å². The molecule has 0 aliphatic carbocycles. The molecule has 0 aliphatic heterocycles. The van der Waals surface area contributed by atoms with E-state index in [1.54, 1.807) is 0 Å². The third-order valence-corrected chi connectivity index (χ3v) is 13.3. The molecule has 89 heavy (non-hydrogen) atoms. The number of phenolic OH excluding ortho intramolecular Hbond substituents is 2. The quantitative estimate of drug-likeness (QED) is 0.00969. The van der Waals surface area contributed by atoms with Crippen molar-refractivity contribution in [3.8, 4) is 11.5 Å². The molecule has 0 aromatic heterocycles. The van der Waals surface area contributed by atoms with Crippen LogP contribution in [0.4, 0.5) is 0 Å². The lowest BCUT2D eigenvalue weighted by Gasteiger charge is -2.29. The van der Waals surface area contributed by atoms with Crippen molar-refractivity contribution in [1.29, 1.82) is 0 Å². The third kappa shape index (κ3) is 28.5. The van der Waals surface area contributed by atoms with Crippen molar-refractivity contribution in [1.82, 2.24) is 58.5 Å². The van der Waals surface area contributed by atoms with Crippen molar-refractivity contribution in [2.75, 3.05) is 39.0 Å². The number of nitrogens with two attached hydrogens (primary N) is 4. The van der Waals surface area contributed by atoms with Gasteiger partial charge in [-0.1, -0.05) is 24.3 Å². The summed E-state index contributed by atoms with van der Waals surface area (Å²) in [5.74, 6) is -11.1. The fraction of sp³-hybridized carbons (Fsp3) is 0.519. The number of aliphatic imine (C=N–C) groups is 2. The highest BCUT2D eigenvalue weighted by Gasteiger charge is 2.37. The number of amides is 10. The van der Waals surface area contributed by atoms with Gasteiger partial charge in [-0.3, -0.25) is 57.9 Å². The highest BCUT2D eigenvalue weighted by molar-refractivity contribution is 7.80. The minimum absolute atomic E-state index is 0.0242. The zero-order chi connectivity index (χ0) is 66.9. The Morgan fingerprint density at radius 1 is 0.506 bits per heavy atom. The van der Waals surface area contributed by atoms with Crippen molar-refractivity contribution in [2.45, 2.75) is 138 Å². The maximum Gasteiger partial charge on any atom is 0.245 e. The maximum atomic E-state index is 14.5. The number of aromatic hydroxyl groups is 2. The zero-order valence-corrected chi connectivity index (χ0v) is 50.4. The van der Waals surface area contributed by atoms with Crippen LogP contribution in [0.2, 0.25) is 0 Å². The number of thiol groups is 1. The lowest BCUT2D eigenvalue weighted by Crippen LogP contribution is -2.63. The minimum atomic E-state index is -1.89. The molecule has 1 unspecified atom stereocenters. The van der Waals surface area contributed by atoms with Gasteiger partial charge >= 0.3 is 0 Å². The molecule has 0 heterocycles. The lowest BCUT2D eigenvalue weighted by atomic mass is 10.0. The molecule has 0 fully saturated rings. The number of guanidine groups is 2. The molecule has 35 heteroatoms. The molecule has 0 spiro atoms. The minimum Gasteiger partial charge on any atom is -0.508 e. The summed E-state index contributed by atoms with van der Waals surface area (Å²) in [7, 11) is 1.30. The SMILES string of the molecule is CN[C@@H](CC(=O)N[C@@H](CS)C(=O)N[C@H](C(=O)N[C@H](C(=O)N[C@H](C(=O)N[C@H](C=O)CCCN=C(N)N)[C@@H](C)O)[C@@H](C)O)[C@@H](C)O)C(=O)N[C@@H](Cc1ccc(O)cc1)C(=O)NC(Cc1ccc(O)cc1)C(=O)N[C@@H](CCCN=C(N)N)C(=O)NCC(=O)NCC=O. The Kier molecular flexibility index (Phi) is 33.7. The number of aliphatic hydroxyl groups excluding tert-OH is 3. The van der Waals surface area contributed by atoms with Gasteiger partial charge in [0, 0.05) is 31.7 Å². The van der Waals surface area contributed by atoms with E-state index in [0.29, 0.717) is 23.7 Å². The van der Waals surface area contributed by atoms with Crippen LogP contribution in [0.1, 0.15) is 64.0 Å². The number of benzene rings is 2. The summed E-state index contributed by atoms with van der Waals surface area (Å²) < 4.78 is 0. The second-order valence-electron chi connectivity index (χ2n) is 20.3. The Hall–Kier alpha value is -9.19. The topological polar surface area (TPSA) is 567 Å².